The highest BCUT2D eigenvalue weighted by atomic mass is 19.1. The predicted molar refractivity (Wildman–Crippen MR) is 111 cm³/mol. The Morgan fingerprint density at radius 2 is 1.90 bits per heavy atom. The van der Waals surface area contributed by atoms with Gasteiger partial charge in [-0.2, -0.15) is 0 Å². The van der Waals surface area contributed by atoms with Gasteiger partial charge in [-0.1, -0.05) is 18.1 Å². The summed E-state index contributed by atoms with van der Waals surface area (Å²) in [6, 6.07) is 4.83. The van der Waals surface area contributed by atoms with Crippen LogP contribution < -0.4 is 10.6 Å². The van der Waals surface area contributed by atoms with Crippen LogP contribution in [-0.4, -0.2) is 28.7 Å². The van der Waals surface area contributed by atoms with E-state index >= 15 is 0 Å². The third-order valence-corrected chi connectivity index (χ3v) is 5.74. The summed E-state index contributed by atoms with van der Waals surface area (Å²) < 4.78 is 15.2. The minimum Gasteiger partial charge on any atom is -0.343 e. The topological polar surface area (TPSA) is 80.2 Å². The smallest absolute Gasteiger partial charge is 0.293 e. The van der Waals surface area contributed by atoms with Crippen molar-refractivity contribution in [3.63, 3.8) is 0 Å². The third kappa shape index (κ3) is 3.61. The molecule has 0 atom stereocenters. The number of ketones is 1. The van der Waals surface area contributed by atoms with Gasteiger partial charge in [0.2, 0.25) is 0 Å². The summed E-state index contributed by atoms with van der Waals surface area (Å²) in [6.07, 6.45) is 6.60. The molecule has 0 saturated heterocycles. The van der Waals surface area contributed by atoms with Gasteiger partial charge in [0.1, 0.15) is 11.5 Å². The molecule has 1 aliphatic carbocycles. The lowest BCUT2D eigenvalue weighted by Crippen LogP contribution is -2.36. The highest BCUT2D eigenvalue weighted by molar-refractivity contribution is 6.43. The number of carbonyl (C=O) groups excluding carboxylic acids is 3. The summed E-state index contributed by atoms with van der Waals surface area (Å²) in [6.45, 7) is 4.96. The molecule has 30 heavy (non-hydrogen) atoms. The van der Waals surface area contributed by atoms with E-state index in [0.717, 1.165) is 18.4 Å². The van der Waals surface area contributed by atoms with E-state index < -0.39 is 17.2 Å². The Bertz CT molecular complexity index is 1100. The average Bonchev–Trinajstić information content (AvgIpc) is 3.44. The molecule has 2 aromatic rings. The van der Waals surface area contributed by atoms with Crippen molar-refractivity contribution in [3.8, 4) is 12.3 Å². The Kier molecular flexibility index (Phi) is 5.53. The quantitative estimate of drug-likeness (QED) is 0.437. The number of rotatable bonds is 6. The fourth-order valence-electron chi connectivity index (χ4n) is 3.79. The molecule has 2 amide bonds. The van der Waals surface area contributed by atoms with Gasteiger partial charge in [0, 0.05) is 12.7 Å². The van der Waals surface area contributed by atoms with Crippen LogP contribution >= 0.6 is 0 Å². The van der Waals surface area contributed by atoms with E-state index in [1.54, 1.807) is 44.5 Å². The second-order valence-electron chi connectivity index (χ2n) is 7.71. The van der Waals surface area contributed by atoms with Crippen molar-refractivity contribution in [2.75, 3.05) is 6.54 Å². The van der Waals surface area contributed by atoms with E-state index in [1.807, 2.05) is 0 Å². The zero-order valence-electron chi connectivity index (χ0n) is 17.5. The van der Waals surface area contributed by atoms with Crippen LogP contribution in [0.1, 0.15) is 56.1 Å². The van der Waals surface area contributed by atoms with Gasteiger partial charge < -0.3 is 15.2 Å². The number of nitrogens with one attached hydrogen (secondary N) is 2. The lowest BCUT2D eigenvalue weighted by molar-refractivity contribution is -0.116. The SMILES string of the molecule is C#CCNC(=O)C(=O)c1c(C)c(C(=O)NC2(c3ccc(F)c(C)c3)CC2)n(C)c1C. The monoisotopic (exact) mass is 409 g/mol. The standard InChI is InChI=1S/C23H24FN3O3/c1-6-11-25-22(30)20(28)18-14(3)19(27(5)15(18)4)21(29)26-23(9-10-23)16-7-8-17(24)13(2)12-16/h1,7-8,12H,9-11H2,2-5H3,(H,25,30)(H,26,29). The molecular formula is C23H24FN3O3. The fourth-order valence-corrected chi connectivity index (χ4v) is 3.79. The minimum absolute atomic E-state index is 0.0531. The third-order valence-electron chi connectivity index (χ3n) is 5.74. The van der Waals surface area contributed by atoms with Gasteiger partial charge in [0.25, 0.3) is 17.6 Å². The number of halogens is 1. The van der Waals surface area contributed by atoms with Gasteiger partial charge in [-0.05, 0) is 56.4 Å². The fraction of sp³-hybridized carbons (Fsp3) is 0.348. The van der Waals surface area contributed by atoms with Crippen molar-refractivity contribution in [1.82, 2.24) is 15.2 Å². The van der Waals surface area contributed by atoms with Gasteiger partial charge in [-0.3, -0.25) is 14.4 Å². The van der Waals surface area contributed by atoms with Crippen LogP contribution in [0.4, 0.5) is 4.39 Å². The molecule has 1 saturated carbocycles. The van der Waals surface area contributed by atoms with Crippen LogP contribution in [0.5, 0.6) is 0 Å². The van der Waals surface area contributed by atoms with E-state index in [-0.39, 0.29) is 23.8 Å². The first-order valence-electron chi connectivity index (χ1n) is 9.64. The van der Waals surface area contributed by atoms with E-state index in [9.17, 15) is 18.8 Å². The highest BCUT2D eigenvalue weighted by Crippen LogP contribution is 2.46. The number of Topliss-reactive ketones (excluding diaryl/α,β-unsaturated/α-hetero) is 1. The van der Waals surface area contributed by atoms with Crippen molar-refractivity contribution in [1.29, 1.82) is 0 Å². The summed E-state index contributed by atoms with van der Waals surface area (Å²) in [4.78, 5) is 37.8. The number of aromatic nitrogens is 1. The number of benzene rings is 1. The second-order valence-corrected chi connectivity index (χ2v) is 7.71. The van der Waals surface area contributed by atoms with Gasteiger partial charge in [0.05, 0.1) is 17.6 Å². The second kappa shape index (κ2) is 7.79. The first-order valence-corrected chi connectivity index (χ1v) is 9.64. The highest BCUT2D eigenvalue weighted by Gasteiger charge is 2.46. The summed E-state index contributed by atoms with van der Waals surface area (Å²) in [5, 5.41) is 5.41. The maximum absolute atomic E-state index is 13.6. The van der Waals surface area contributed by atoms with Crippen molar-refractivity contribution in [2.24, 2.45) is 7.05 Å². The van der Waals surface area contributed by atoms with Crippen molar-refractivity contribution in [2.45, 2.75) is 39.2 Å². The Morgan fingerprint density at radius 1 is 1.23 bits per heavy atom. The molecule has 0 radical (unpaired) electrons. The lowest BCUT2D eigenvalue weighted by atomic mass is 10.0. The normalized spacial score (nSPS) is 14.0. The van der Waals surface area contributed by atoms with Crippen molar-refractivity contribution < 1.29 is 18.8 Å². The van der Waals surface area contributed by atoms with Crippen LogP contribution in [0, 0.1) is 38.9 Å². The molecule has 2 N–H and O–H groups in total. The van der Waals surface area contributed by atoms with Crippen LogP contribution in [0.2, 0.25) is 0 Å². The van der Waals surface area contributed by atoms with Gasteiger partial charge >= 0.3 is 0 Å². The van der Waals surface area contributed by atoms with Crippen LogP contribution in [0.15, 0.2) is 18.2 Å². The van der Waals surface area contributed by atoms with E-state index in [4.69, 9.17) is 6.42 Å². The zero-order chi connectivity index (χ0) is 22.2. The zero-order valence-corrected chi connectivity index (χ0v) is 17.5. The molecule has 1 aromatic heterocycles. The molecule has 0 spiro atoms. The number of terminal acetylenes is 1. The summed E-state index contributed by atoms with van der Waals surface area (Å²) in [5.41, 5.74) is 2.27. The number of hydrogen-bond acceptors (Lipinski definition) is 3. The summed E-state index contributed by atoms with van der Waals surface area (Å²) >= 11 is 0. The van der Waals surface area contributed by atoms with Crippen molar-refractivity contribution >= 4 is 17.6 Å². The Hall–Kier alpha value is -3.40. The minimum atomic E-state index is -0.808. The molecule has 0 bridgehead atoms. The Labute approximate surface area is 174 Å². The van der Waals surface area contributed by atoms with E-state index in [0.29, 0.717) is 22.5 Å². The number of carbonyl (C=O) groups is 3. The Morgan fingerprint density at radius 3 is 2.47 bits per heavy atom. The molecule has 7 heteroatoms. The molecule has 1 aliphatic rings. The van der Waals surface area contributed by atoms with Gasteiger partial charge in [0.15, 0.2) is 0 Å². The van der Waals surface area contributed by atoms with Gasteiger partial charge in [-0.15, -0.1) is 6.42 Å². The number of nitrogens with zero attached hydrogens (tertiary/aromatic N) is 1. The Balaban J connectivity index is 1.90. The molecule has 6 nitrogen and oxygen atoms in total. The van der Waals surface area contributed by atoms with Crippen LogP contribution in [-0.2, 0) is 17.4 Å². The molecule has 1 fully saturated rings. The molecule has 1 aromatic carbocycles. The molecule has 0 aliphatic heterocycles. The van der Waals surface area contributed by atoms with Gasteiger partial charge in [-0.25, -0.2) is 4.39 Å². The number of amides is 2. The molecule has 0 unspecified atom stereocenters. The van der Waals surface area contributed by atoms with Crippen LogP contribution in [0.3, 0.4) is 0 Å². The molecule has 3 rings (SSSR count). The van der Waals surface area contributed by atoms with E-state index in [1.165, 1.54) is 6.07 Å². The molecular weight excluding hydrogens is 385 g/mol. The number of aryl methyl sites for hydroxylation is 1. The first-order chi connectivity index (χ1) is 14.1. The van der Waals surface area contributed by atoms with Crippen molar-refractivity contribution in [3.05, 3.63) is 57.7 Å². The number of hydrogen-bond donors (Lipinski definition) is 2. The maximum atomic E-state index is 13.6. The summed E-state index contributed by atoms with van der Waals surface area (Å²) in [5.74, 6) is 0.0709. The maximum Gasteiger partial charge on any atom is 0.293 e. The predicted octanol–water partition coefficient (Wildman–Crippen LogP) is 2.44. The van der Waals surface area contributed by atoms with E-state index in [2.05, 4.69) is 16.6 Å². The summed E-state index contributed by atoms with van der Waals surface area (Å²) in [7, 11) is 1.68. The molecule has 156 valence electrons. The largest absolute Gasteiger partial charge is 0.343 e. The lowest BCUT2D eigenvalue weighted by Gasteiger charge is -2.19. The van der Waals surface area contributed by atoms with Crippen LogP contribution in [0.25, 0.3) is 0 Å². The molecule has 1 heterocycles. The average molecular weight is 409 g/mol. The first kappa shape index (κ1) is 21.3.